The number of carbonyl (C=O) groups is 1. The third-order valence-corrected chi connectivity index (χ3v) is 4.75. The molecule has 0 fully saturated rings. The lowest BCUT2D eigenvalue weighted by atomic mass is 10.2. The molecule has 130 valence electrons. The second kappa shape index (κ2) is 7.72. The number of imidazole rings is 1. The Morgan fingerprint density at radius 2 is 2.00 bits per heavy atom. The average molecular weight is 355 g/mol. The fourth-order valence-corrected chi connectivity index (χ4v) is 3.17. The van der Waals surface area contributed by atoms with Crippen molar-refractivity contribution in [3.63, 3.8) is 0 Å². The van der Waals surface area contributed by atoms with Gasteiger partial charge in [0.1, 0.15) is 5.82 Å². The van der Waals surface area contributed by atoms with Gasteiger partial charge in [-0.25, -0.2) is 4.98 Å². The van der Waals surface area contributed by atoms with Gasteiger partial charge in [0, 0.05) is 29.8 Å². The van der Waals surface area contributed by atoms with Gasteiger partial charge >= 0.3 is 0 Å². The number of fused-ring (bicyclic) bond motifs is 1. The van der Waals surface area contributed by atoms with Crippen LogP contribution < -0.4 is 5.32 Å². The standard InChI is InChI=1S/C19H21N3O2S/c1-13-21-17-9-4-14(19(23)20-10-11-24-2)12-18(17)22(13)15-5-7-16(25-3)8-6-15/h4-9,12H,10-11H2,1-3H3,(H,20,23). The van der Waals surface area contributed by atoms with Crippen LogP contribution in [0.15, 0.2) is 47.4 Å². The van der Waals surface area contributed by atoms with Crippen LogP contribution in [0.25, 0.3) is 16.7 Å². The second-order valence-electron chi connectivity index (χ2n) is 5.64. The van der Waals surface area contributed by atoms with Gasteiger partial charge in [-0.05, 0) is 55.6 Å². The molecule has 5 nitrogen and oxygen atoms in total. The van der Waals surface area contributed by atoms with E-state index in [0.29, 0.717) is 18.7 Å². The van der Waals surface area contributed by atoms with E-state index in [0.717, 1.165) is 22.5 Å². The summed E-state index contributed by atoms with van der Waals surface area (Å²) in [6, 6.07) is 13.9. The number of hydrogen-bond acceptors (Lipinski definition) is 4. The third kappa shape index (κ3) is 3.70. The Bertz CT molecular complexity index is 888. The summed E-state index contributed by atoms with van der Waals surface area (Å²) < 4.78 is 7.04. The van der Waals surface area contributed by atoms with Gasteiger partial charge in [0.05, 0.1) is 17.6 Å². The zero-order chi connectivity index (χ0) is 17.8. The molecule has 0 saturated carbocycles. The lowest BCUT2D eigenvalue weighted by Crippen LogP contribution is -2.26. The number of aryl methyl sites for hydroxylation is 1. The first-order chi connectivity index (χ1) is 12.1. The van der Waals surface area contributed by atoms with Crippen LogP contribution in [0, 0.1) is 6.92 Å². The molecular formula is C19H21N3O2S. The molecule has 2 aromatic carbocycles. The highest BCUT2D eigenvalue weighted by Crippen LogP contribution is 2.24. The highest BCUT2D eigenvalue weighted by Gasteiger charge is 2.13. The predicted octanol–water partition coefficient (Wildman–Crippen LogP) is 3.43. The normalized spacial score (nSPS) is 11.0. The minimum Gasteiger partial charge on any atom is -0.383 e. The number of benzene rings is 2. The van der Waals surface area contributed by atoms with E-state index in [1.807, 2.05) is 19.1 Å². The van der Waals surface area contributed by atoms with Crippen molar-refractivity contribution in [1.29, 1.82) is 0 Å². The van der Waals surface area contributed by atoms with Crippen LogP contribution in [-0.4, -0.2) is 42.0 Å². The number of thioether (sulfide) groups is 1. The Hall–Kier alpha value is -2.31. The zero-order valence-electron chi connectivity index (χ0n) is 14.6. The number of rotatable bonds is 6. The van der Waals surface area contributed by atoms with Crippen molar-refractivity contribution in [2.75, 3.05) is 26.5 Å². The van der Waals surface area contributed by atoms with Crippen LogP contribution in [-0.2, 0) is 4.74 Å². The number of carbonyl (C=O) groups excluding carboxylic acids is 1. The molecule has 1 N–H and O–H groups in total. The number of ether oxygens (including phenoxy) is 1. The maximum atomic E-state index is 12.3. The Morgan fingerprint density at radius 1 is 1.24 bits per heavy atom. The maximum Gasteiger partial charge on any atom is 0.251 e. The van der Waals surface area contributed by atoms with E-state index in [-0.39, 0.29) is 5.91 Å². The molecule has 1 heterocycles. The molecule has 1 aromatic heterocycles. The molecule has 6 heteroatoms. The number of amides is 1. The van der Waals surface area contributed by atoms with Crippen LogP contribution >= 0.6 is 11.8 Å². The molecule has 0 aliphatic carbocycles. The van der Waals surface area contributed by atoms with Gasteiger partial charge in [-0.1, -0.05) is 0 Å². The molecule has 0 unspecified atom stereocenters. The van der Waals surface area contributed by atoms with Gasteiger partial charge < -0.3 is 10.1 Å². The molecule has 0 atom stereocenters. The topological polar surface area (TPSA) is 56.1 Å². The fourth-order valence-electron chi connectivity index (χ4n) is 2.76. The van der Waals surface area contributed by atoms with Crippen LogP contribution in [0.4, 0.5) is 0 Å². The highest BCUT2D eigenvalue weighted by molar-refractivity contribution is 7.98. The first-order valence-corrected chi connectivity index (χ1v) is 9.27. The molecule has 0 saturated heterocycles. The van der Waals surface area contributed by atoms with Crippen molar-refractivity contribution in [2.24, 2.45) is 0 Å². The molecule has 0 radical (unpaired) electrons. The van der Waals surface area contributed by atoms with Crippen LogP contribution in [0.1, 0.15) is 16.2 Å². The molecule has 0 bridgehead atoms. The molecule has 1 amide bonds. The SMILES string of the molecule is COCCNC(=O)c1ccc2nc(C)n(-c3ccc(SC)cc3)c2c1. The molecular weight excluding hydrogens is 334 g/mol. The van der Waals surface area contributed by atoms with Gasteiger partial charge in [0.15, 0.2) is 0 Å². The van der Waals surface area contributed by atoms with Crippen molar-refractivity contribution < 1.29 is 9.53 Å². The van der Waals surface area contributed by atoms with E-state index in [4.69, 9.17) is 4.74 Å². The van der Waals surface area contributed by atoms with Gasteiger partial charge in [0.2, 0.25) is 0 Å². The smallest absolute Gasteiger partial charge is 0.251 e. The lowest BCUT2D eigenvalue weighted by molar-refractivity contribution is 0.0937. The first-order valence-electron chi connectivity index (χ1n) is 8.04. The summed E-state index contributed by atoms with van der Waals surface area (Å²) in [6.07, 6.45) is 2.06. The Labute approximate surface area is 151 Å². The van der Waals surface area contributed by atoms with E-state index in [2.05, 4.69) is 45.4 Å². The van der Waals surface area contributed by atoms with E-state index in [1.54, 1.807) is 24.9 Å². The van der Waals surface area contributed by atoms with Crippen molar-refractivity contribution in [3.05, 3.63) is 53.9 Å². The quantitative estimate of drug-likeness (QED) is 0.544. The third-order valence-electron chi connectivity index (χ3n) is 4.01. The number of aromatic nitrogens is 2. The zero-order valence-corrected chi connectivity index (χ0v) is 15.4. The van der Waals surface area contributed by atoms with Crippen LogP contribution in [0.2, 0.25) is 0 Å². The lowest BCUT2D eigenvalue weighted by Gasteiger charge is -2.09. The van der Waals surface area contributed by atoms with E-state index in [9.17, 15) is 4.79 Å². The largest absolute Gasteiger partial charge is 0.383 e. The summed E-state index contributed by atoms with van der Waals surface area (Å²) in [6.45, 7) is 2.95. The minimum atomic E-state index is -0.109. The molecule has 0 aliphatic heterocycles. The van der Waals surface area contributed by atoms with Crippen molar-refractivity contribution in [2.45, 2.75) is 11.8 Å². The number of methoxy groups -OCH3 is 1. The Morgan fingerprint density at radius 3 is 2.68 bits per heavy atom. The number of hydrogen-bond donors (Lipinski definition) is 1. The summed E-state index contributed by atoms with van der Waals surface area (Å²) in [4.78, 5) is 18.1. The van der Waals surface area contributed by atoms with Crippen molar-refractivity contribution >= 4 is 28.7 Å². The number of nitrogens with zero attached hydrogens (tertiary/aromatic N) is 2. The van der Waals surface area contributed by atoms with Crippen molar-refractivity contribution in [1.82, 2.24) is 14.9 Å². The Kier molecular flexibility index (Phi) is 5.40. The molecule has 0 aliphatic rings. The summed E-state index contributed by atoms with van der Waals surface area (Å²) >= 11 is 1.71. The Balaban J connectivity index is 1.99. The summed E-state index contributed by atoms with van der Waals surface area (Å²) in [5, 5.41) is 2.85. The van der Waals surface area contributed by atoms with E-state index < -0.39 is 0 Å². The van der Waals surface area contributed by atoms with E-state index >= 15 is 0 Å². The highest BCUT2D eigenvalue weighted by atomic mass is 32.2. The average Bonchev–Trinajstić information content (AvgIpc) is 2.96. The maximum absolute atomic E-state index is 12.3. The fraction of sp³-hybridized carbons (Fsp3) is 0.263. The van der Waals surface area contributed by atoms with Gasteiger partial charge in [-0.3, -0.25) is 9.36 Å². The number of nitrogens with one attached hydrogen (secondary N) is 1. The minimum absolute atomic E-state index is 0.109. The van der Waals surface area contributed by atoms with Gasteiger partial charge in [-0.15, -0.1) is 11.8 Å². The van der Waals surface area contributed by atoms with Gasteiger partial charge in [0.25, 0.3) is 5.91 Å². The summed E-state index contributed by atoms with van der Waals surface area (Å²) in [5.41, 5.74) is 3.45. The van der Waals surface area contributed by atoms with Crippen molar-refractivity contribution in [3.8, 4) is 5.69 Å². The molecule has 25 heavy (non-hydrogen) atoms. The van der Waals surface area contributed by atoms with Crippen LogP contribution in [0.5, 0.6) is 0 Å². The first kappa shape index (κ1) is 17.5. The van der Waals surface area contributed by atoms with Crippen LogP contribution in [0.3, 0.4) is 0 Å². The monoisotopic (exact) mass is 355 g/mol. The molecule has 3 aromatic rings. The summed E-state index contributed by atoms with van der Waals surface area (Å²) in [7, 11) is 1.61. The molecule has 0 spiro atoms. The van der Waals surface area contributed by atoms with Gasteiger partial charge in [-0.2, -0.15) is 0 Å². The molecule has 3 rings (SSSR count). The van der Waals surface area contributed by atoms with E-state index in [1.165, 1.54) is 4.90 Å². The second-order valence-corrected chi connectivity index (χ2v) is 6.52. The predicted molar refractivity (Wildman–Crippen MR) is 102 cm³/mol. The summed E-state index contributed by atoms with van der Waals surface area (Å²) in [5.74, 6) is 0.783.